The number of alkyl carbamates (subject to hydrolysis) is 1. The second-order valence-electron chi connectivity index (χ2n) is 10.8. The fourth-order valence-electron chi connectivity index (χ4n) is 4.32. The van der Waals surface area contributed by atoms with Crippen molar-refractivity contribution in [1.82, 2.24) is 5.32 Å². The zero-order valence-electron chi connectivity index (χ0n) is 23.1. The molecule has 0 fully saturated rings. The summed E-state index contributed by atoms with van der Waals surface area (Å²) in [5.41, 5.74) is 0.494. The largest absolute Gasteiger partial charge is 0.444 e. The predicted octanol–water partition coefficient (Wildman–Crippen LogP) is 7.94. The van der Waals surface area contributed by atoms with Crippen LogP contribution in [0.4, 0.5) is 14.9 Å². The first-order valence-electron chi connectivity index (χ1n) is 13.5. The zero-order chi connectivity index (χ0) is 28.6. The van der Waals surface area contributed by atoms with Crippen molar-refractivity contribution < 1.29 is 23.5 Å². The van der Waals surface area contributed by atoms with Gasteiger partial charge in [-0.3, -0.25) is 9.59 Å². The number of carbonyl (C=O) groups excluding carboxylic acids is 3. The van der Waals surface area contributed by atoms with Gasteiger partial charge in [-0.05, 0) is 57.0 Å². The molecule has 212 valence electrons. The third-order valence-corrected chi connectivity index (χ3v) is 7.70. The van der Waals surface area contributed by atoms with E-state index in [0.717, 1.165) is 31.2 Å². The first kappa shape index (κ1) is 31.0. The van der Waals surface area contributed by atoms with Gasteiger partial charge in [0, 0.05) is 22.1 Å². The van der Waals surface area contributed by atoms with E-state index >= 15 is 4.39 Å². The molecule has 0 aromatic heterocycles. The number of fused-ring (bicyclic) bond motifs is 1. The Balaban J connectivity index is 1.88. The Hall–Kier alpha value is -2.58. The highest BCUT2D eigenvalue weighted by molar-refractivity contribution is 7.99. The normalized spacial score (nSPS) is 15.5. The average Bonchev–Trinajstić information content (AvgIpc) is 2.97. The molecule has 1 heterocycles. The predicted molar refractivity (Wildman–Crippen MR) is 155 cm³/mol. The Kier molecular flexibility index (Phi) is 11.2. The number of hydrogen-bond donors (Lipinski definition) is 1. The molecule has 2 aromatic carbocycles. The van der Waals surface area contributed by atoms with Crippen LogP contribution < -0.4 is 10.2 Å². The van der Waals surface area contributed by atoms with E-state index in [-0.39, 0.29) is 36.0 Å². The number of ether oxygens (including phenoxy) is 1. The molecule has 9 heteroatoms. The summed E-state index contributed by atoms with van der Waals surface area (Å²) in [6, 6.07) is 8.97. The van der Waals surface area contributed by atoms with Crippen LogP contribution in [0.15, 0.2) is 41.3 Å². The number of rotatable bonds is 11. The summed E-state index contributed by atoms with van der Waals surface area (Å²) in [5, 5.41) is 3.23. The van der Waals surface area contributed by atoms with Crippen molar-refractivity contribution >= 4 is 46.8 Å². The summed E-state index contributed by atoms with van der Waals surface area (Å²) in [4.78, 5) is 41.3. The SMILES string of the molecule is CCCCCCCCC(=O)c1cc2c(cc1F)SC[C@H](NC(=O)OC(C)(C)C)C(=O)N2Cc1ccc(Cl)cc1. The summed E-state index contributed by atoms with van der Waals surface area (Å²) in [6.07, 6.45) is 5.68. The fourth-order valence-corrected chi connectivity index (χ4v) is 5.53. The molecule has 0 saturated heterocycles. The number of ketones is 1. The van der Waals surface area contributed by atoms with E-state index in [4.69, 9.17) is 16.3 Å². The molecule has 6 nitrogen and oxygen atoms in total. The number of amides is 2. The second kappa shape index (κ2) is 14.2. The van der Waals surface area contributed by atoms with Gasteiger partial charge in [-0.15, -0.1) is 11.8 Å². The monoisotopic (exact) mass is 576 g/mol. The van der Waals surface area contributed by atoms with Crippen molar-refractivity contribution in [2.24, 2.45) is 0 Å². The van der Waals surface area contributed by atoms with E-state index in [9.17, 15) is 14.4 Å². The third-order valence-electron chi connectivity index (χ3n) is 6.31. The first-order valence-corrected chi connectivity index (χ1v) is 14.9. The average molecular weight is 577 g/mol. The van der Waals surface area contributed by atoms with Gasteiger partial charge >= 0.3 is 6.09 Å². The molecule has 1 aliphatic heterocycles. The van der Waals surface area contributed by atoms with Crippen molar-refractivity contribution in [3.63, 3.8) is 0 Å². The number of nitrogens with zero attached hydrogens (tertiary/aromatic N) is 1. The van der Waals surface area contributed by atoms with E-state index in [1.807, 2.05) is 0 Å². The van der Waals surface area contributed by atoms with Crippen LogP contribution in [0.1, 0.15) is 88.6 Å². The highest BCUT2D eigenvalue weighted by Crippen LogP contribution is 2.38. The first-order chi connectivity index (χ1) is 18.5. The van der Waals surface area contributed by atoms with Gasteiger partial charge in [0.25, 0.3) is 5.91 Å². The molecule has 1 atom stereocenters. The molecular weight excluding hydrogens is 539 g/mol. The van der Waals surface area contributed by atoms with Crippen LogP contribution in [0.3, 0.4) is 0 Å². The van der Waals surface area contributed by atoms with Crippen LogP contribution in [0, 0.1) is 5.82 Å². The minimum atomic E-state index is -0.908. The second-order valence-corrected chi connectivity index (χ2v) is 12.3. The zero-order valence-corrected chi connectivity index (χ0v) is 24.7. The van der Waals surface area contributed by atoms with Crippen LogP contribution in [-0.4, -0.2) is 35.2 Å². The molecule has 2 amide bonds. The van der Waals surface area contributed by atoms with Gasteiger partial charge in [0.15, 0.2) is 5.78 Å². The lowest BCUT2D eigenvalue weighted by Gasteiger charge is -2.27. The quantitative estimate of drug-likeness (QED) is 0.217. The molecule has 0 spiro atoms. The molecule has 0 saturated carbocycles. The van der Waals surface area contributed by atoms with Crippen LogP contribution in [0.5, 0.6) is 0 Å². The minimum absolute atomic E-state index is 0.0182. The van der Waals surface area contributed by atoms with Gasteiger partial charge in [0.1, 0.15) is 17.5 Å². The molecule has 0 bridgehead atoms. The molecule has 3 rings (SSSR count). The van der Waals surface area contributed by atoms with Crippen molar-refractivity contribution in [3.8, 4) is 0 Å². The van der Waals surface area contributed by atoms with E-state index in [1.165, 1.54) is 35.2 Å². The molecule has 1 aliphatic rings. The van der Waals surface area contributed by atoms with Crippen LogP contribution >= 0.6 is 23.4 Å². The van der Waals surface area contributed by atoms with E-state index in [2.05, 4.69) is 12.2 Å². The maximum atomic E-state index is 15.2. The Morgan fingerprint density at radius 3 is 2.44 bits per heavy atom. The molecule has 1 N–H and O–H groups in total. The van der Waals surface area contributed by atoms with Gasteiger partial charge in [0.2, 0.25) is 0 Å². The summed E-state index contributed by atoms with van der Waals surface area (Å²) < 4.78 is 20.5. The Labute approximate surface area is 240 Å². The summed E-state index contributed by atoms with van der Waals surface area (Å²) in [5.74, 6) is -1.06. The highest BCUT2D eigenvalue weighted by Gasteiger charge is 2.34. The van der Waals surface area contributed by atoms with Crippen molar-refractivity contribution in [1.29, 1.82) is 0 Å². The third kappa shape index (κ3) is 9.24. The van der Waals surface area contributed by atoms with Crippen LogP contribution in [0.25, 0.3) is 0 Å². The maximum Gasteiger partial charge on any atom is 0.408 e. The van der Waals surface area contributed by atoms with Gasteiger partial charge in [0.05, 0.1) is 17.8 Å². The number of Topliss-reactive ketones (excluding diaryl/α,β-unsaturated/α-hetero) is 1. The lowest BCUT2D eigenvalue weighted by Crippen LogP contribution is -2.50. The Morgan fingerprint density at radius 1 is 1.10 bits per heavy atom. The molecule has 2 aromatic rings. The van der Waals surface area contributed by atoms with Gasteiger partial charge in [-0.25, -0.2) is 9.18 Å². The van der Waals surface area contributed by atoms with Crippen LogP contribution in [0.2, 0.25) is 5.02 Å². The number of anilines is 1. The number of unbranched alkanes of at least 4 members (excludes halogenated alkanes) is 5. The Morgan fingerprint density at radius 2 is 1.77 bits per heavy atom. The fraction of sp³-hybridized carbons (Fsp3) is 0.500. The number of hydrogen-bond acceptors (Lipinski definition) is 5. The van der Waals surface area contributed by atoms with Gasteiger partial charge in [-0.2, -0.15) is 0 Å². The number of thioether (sulfide) groups is 1. The van der Waals surface area contributed by atoms with E-state index in [0.29, 0.717) is 22.0 Å². The molecule has 0 radical (unpaired) electrons. The summed E-state index contributed by atoms with van der Waals surface area (Å²) in [6.45, 7) is 7.54. The summed E-state index contributed by atoms with van der Waals surface area (Å²) in [7, 11) is 0. The molecule has 39 heavy (non-hydrogen) atoms. The minimum Gasteiger partial charge on any atom is -0.444 e. The number of halogens is 2. The highest BCUT2D eigenvalue weighted by atomic mass is 35.5. The van der Waals surface area contributed by atoms with Crippen molar-refractivity contribution in [2.45, 2.75) is 95.7 Å². The lowest BCUT2D eigenvalue weighted by molar-refractivity contribution is -0.120. The van der Waals surface area contributed by atoms with Crippen LogP contribution in [-0.2, 0) is 16.1 Å². The number of carbonyl (C=O) groups is 3. The topological polar surface area (TPSA) is 75.7 Å². The molecule has 0 aliphatic carbocycles. The van der Waals surface area contributed by atoms with Gasteiger partial charge < -0.3 is 15.0 Å². The lowest BCUT2D eigenvalue weighted by atomic mass is 10.0. The standard InChI is InChI=1S/C30H38ClFN2O4S/c1-5-6-7-8-9-10-11-26(35)22-16-25-27(17-23(22)32)39-19-24(33-29(37)38-30(2,3)4)28(36)34(25)18-20-12-14-21(31)15-13-20/h12-17,24H,5-11,18-19H2,1-4H3,(H,33,37)/t24-/m0/s1. The maximum absolute atomic E-state index is 15.2. The van der Waals surface area contributed by atoms with E-state index < -0.39 is 23.6 Å². The van der Waals surface area contributed by atoms with Gasteiger partial charge in [-0.1, -0.05) is 62.8 Å². The smallest absolute Gasteiger partial charge is 0.408 e. The number of nitrogens with one attached hydrogen (secondary N) is 1. The van der Waals surface area contributed by atoms with Crippen molar-refractivity contribution in [3.05, 3.63) is 58.4 Å². The Bertz CT molecular complexity index is 1170. The number of benzene rings is 2. The van der Waals surface area contributed by atoms with Crippen molar-refractivity contribution in [2.75, 3.05) is 10.7 Å². The molecule has 0 unspecified atom stereocenters. The van der Waals surface area contributed by atoms with E-state index in [1.54, 1.807) is 45.0 Å². The summed E-state index contributed by atoms with van der Waals surface area (Å²) >= 11 is 7.31. The molecular formula is C30H38ClFN2O4S.